The van der Waals surface area contributed by atoms with Crippen molar-refractivity contribution in [2.45, 2.75) is 47.0 Å². The van der Waals surface area contributed by atoms with Crippen molar-refractivity contribution in [3.8, 4) is 0 Å². The first-order valence-electron chi connectivity index (χ1n) is 9.14. The Bertz CT molecular complexity index is 727. The molecule has 5 unspecified atom stereocenters. The molecular weight excluding hydrogens is 332 g/mol. The molecule has 1 N–H and O–H groups in total. The maximum atomic E-state index is 12.3. The van der Waals surface area contributed by atoms with E-state index in [1.807, 2.05) is 38.1 Å². The second kappa shape index (κ2) is 6.83. The van der Waals surface area contributed by atoms with Gasteiger partial charge in [0, 0.05) is 30.2 Å². The summed E-state index contributed by atoms with van der Waals surface area (Å²) >= 11 is 0. The number of carbonyl (C=O) groups is 3. The Morgan fingerprint density at radius 2 is 1.38 bits per heavy atom. The van der Waals surface area contributed by atoms with Crippen LogP contribution in [0.2, 0.25) is 0 Å². The summed E-state index contributed by atoms with van der Waals surface area (Å²) in [6.07, 6.45) is -0.787. The van der Waals surface area contributed by atoms with E-state index in [1.165, 1.54) is 9.80 Å². The molecule has 5 atom stereocenters. The van der Waals surface area contributed by atoms with Crippen molar-refractivity contribution < 1.29 is 19.5 Å². The van der Waals surface area contributed by atoms with Gasteiger partial charge in [-0.1, -0.05) is 52.0 Å². The smallest absolute Gasteiger partial charge is 0.233 e. The van der Waals surface area contributed by atoms with E-state index in [2.05, 4.69) is 0 Å². The second-order valence-corrected chi connectivity index (χ2v) is 7.69. The van der Waals surface area contributed by atoms with Gasteiger partial charge in [-0.25, -0.2) is 0 Å². The Morgan fingerprint density at radius 3 is 1.88 bits per heavy atom. The summed E-state index contributed by atoms with van der Waals surface area (Å²) in [6, 6.07) is 7.49. The van der Waals surface area contributed by atoms with Gasteiger partial charge >= 0.3 is 0 Å². The standard InChI is InChI=1S/C20H26N2O4/c1-11-12(2)18(24)21(17(11)23)9-15-6-5-7-16(8-15)10-22-19(25)13(3)14(4)20(22)26/h5-8,11-14,17,23H,9-10H2,1-4H3. The molecule has 0 radical (unpaired) electrons. The molecule has 1 aromatic carbocycles. The lowest BCUT2D eigenvalue weighted by Crippen LogP contribution is -2.34. The lowest BCUT2D eigenvalue weighted by molar-refractivity contribution is -0.140. The molecule has 2 saturated heterocycles. The van der Waals surface area contributed by atoms with Gasteiger partial charge in [-0.05, 0) is 11.1 Å². The quantitative estimate of drug-likeness (QED) is 0.832. The highest BCUT2D eigenvalue weighted by Crippen LogP contribution is 2.31. The molecule has 3 rings (SSSR count). The van der Waals surface area contributed by atoms with E-state index in [0.717, 1.165) is 11.1 Å². The molecule has 1 aromatic rings. The Morgan fingerprint density at radius 1 is 0.846 bits per heavy atom. The fourth-order valence-electron chi connectivity index (χ4n) is 3.72. The van der Waals surface area contributed by atoms with Gasteiger partial charge < -0.3 is 10.0 Å². The van der Waals surface area contributed by atoms with Crippen molar-refractivity contribution in [2.24, 2.45) is 23.7 Å². The lowest BCUT2D eigenvalue weighted by atomic mass is 9.99. The van der Waals surface area contributed by atoms with Crippen LogP contribution >= 0.6 is 0 Å². The van der Waals surface area contributed by atoms with E-state index in [9.17, 15) is 19.5 Å². The van der Waals surface area contributed by atoms with Gasteiger partial charge in [0.2, 0.25) is 17.7 Å². The van der Waals surface area contributed by atoms with E-state index >= 15 is 0 Å². The average molecular weight is 358 g/mol. The van der Waals surface area contributed by atoms with Gasteiger partial charge in [0.25, 0.3) is 0 Å². The Kier molecular flexibility index (Phi) is 4.88. The van der Waals surface area contributed by atoms with Crippen LogP contribution in [0.1, 0.15) is 38.8 Å². The number of nitrogens with zero attached hydrogens (tertiary/aromatic N) is 2. The third kappa shape index (κ3) is 3.03. The molecule has 6 nitrogen and oxygen atoms in total. The van der Waals surface area contributed by atoms with Crippen molar-refractivity contribution >= 4 is 17.7 Å². The molecule has 3 amide bonds. The van der Waals surface area contributed by atoms with E-state index in [-0.39, 0.29) is 47.9 Å². The predicted octanol–water partition coefficient (Wildman–Crippen LogP) is 1.76. The van der Waals surface area contributed by atoms with Crippen LogP contribution in [0.25, 0.3) is 0 Å². The third-order valence-corrected chi connectivity index (χ3v) is 6.00. The molecule has 2 aliphatic heterocycles. The van der Waals surface area contributed by atoms with Gasteiger partial charge in [0.15, 0.2) is 0 Å². The molecule has 0 saturated carbocycles. The molecule has 2 heterocycles. The van der Waals surface area contributed by atoms with Crippen LogP contribution in [0.5, 0.6) is 0 Å². The summed E-state index contributed by atoms with van der Waals surface area (Å²) in [6.45, 7) is 7.82. The fraction of sp³-hybridized carbons (Fsp3) is 0.550. The highest BCUT2D eigenvalue weighted by atomic mass is 16.3. The molecule has 0 aromatic heterocycles. The minimum Gasteiger partial charge on any atom is -0.373 e. The predicted molar refractivity (Wildman–Crippen MR) is 95.2 cm³/mol. The number of hydrogen-bond acceptors (Lipinski definition) is 4. The van der Waals surface area contributed by atoms with Gasteiger partial charge in [0.1, 0.15) is 6.23 Å². The first kappa shape index (κ1) is 18.6. The highest BCUT2D eigenvalue weighted by molar-refractivity contribution is 6.04. The van der Waals surface area contributed by atoms with Crippen molar-refractivity contribution in [2.75, 3.05) is 0 Å². The van der Waals surface area contributed by atoms with Crippen LogP contribution in [0, 0.1) is 23.7 Å². The average Bonchev–Trinajstić information content (AvgIpc) is 2.92. The monoisotopic (exact) mass is 358 g/mol. The SMILES string of the molecule is CC1C(=O)N(Cc2cccc(CN3C(=O)C(C)C(C)C3O)c2)C(=O)C1C. The summed E-state index contributed by atoms with van der Waals surface area (Å²) < 4.78 is 0. The Balaban J connectivity index is 1.74. The normalized spacial score (nSPS) is 32.0. The molecule has 2 fully saturated rings. The number of aliphatic hydroxyl groups excluding tert-OH is 1. The molecule has 6 heteroatoms. The van der Waals surface area contributed by atoms with Crippen LogP contribution in [0.15, 0.2) is 24.3 Å². The van der Waals surface area contributed by atoms with Crippen LogP contribution in [0.4, 0.5) is 0 Å². The van der Waals surface area contributed by atoms with Gasteiger partial charge in [-0.3, -0.25) is 19.3 Å². The first-order valence-corrected chi connectivity index (χ1v) is 9.14. The molecular formula is C20H26N2O4. The summed E-state index contributed by atoms with van der Waals surface area (Å²) in [5.74, 6) is -1.20. The van der Waals surface area contributed by atoms with E-state index in [4.69, 9.17) is 0 Å². The zero-order valence-corrected chi connectivity index (χ0v) is 15.7. The third-order valence-electron chi connectivity index (χ3n) is 6.00. The summed E-state index contributed by atoms with van der Waals surface area (Å²) in [5, 5.41) is 10.3. The topological polar surface area (TPSA) is 77.9 Å². The second-order valence-electron chi connectivity index (χ2n) is 7.69. The number of likely N-dealkylation sites (tertiary alicyclic amines) is 2. The fourth-order valence-corrected chi connectivity index (χ4v) is 3.72. The molecule has 0 bridgehead atoms. The Labute approximate surface area is 153 Å². The number of imide groups is 1. The van der Waals surface area contributed by atoms with Crippen LogP contribution in [0.3, 0.4) is 0 Å². The van der Waals surface area contributed by atoms with E-state index in [0.29, 0.717) is 6.54 Å². The molecule has 2 aliphatic rings. The first-order chi connectivity index (χ1) is 12.2. The lowest BCUT2D eigenvalue weighted by Gasteiger charge is -2.22. The molecule has 0 spiro atoms. The number of hydrogen-bond donors (Lipinski definition) is 1. The summed E-state index contributed by atoms with van der Waals surface area (Å²) in [5.41, 5.74) is 1.71. The largest absolute Gasteiger partial charge is 0.373 e. The summed E-state index contributed by atoms with van der Waals surface area (Å²) in [4.78, 5) is 39.7. The van der Waals surface area contributed by atoms with Gasteiger partial charge in [0.05, 0.1) is 6.54 Å². The van der Waals surface area contributed by atoms with E-state index in [1.54, 1.807) is 13.8 Å². The zero-order valence-electron chi connectivity index (χ0n) is 15.7. The van der Waals surface area contributed by atoms with Crippen molar-refractivity contribution in [1.29, 1.82) is 0 Å². The van der Waals surface area contributed by atoms with Crippen LogP contribution in [-0.2, 0) is 27.5 Å². The van der Waals surface area contributed by atoms with Crippen molar-refractivity contribution in [1.82, 2.24) is 9.80 Å². The zero-order chi connectivity index (χ0) is 19.2. The van der Waals surface area contributed by atoms with Crippen LogP contribution in [-0.4, -0.2) is 38.9 Å². The summed E-state index contributed by atoms with van der Waals surface area (Å²) in [7, 11) is 0. The molecule has 140 valence electrons. The number of rotatable bonds is 4. The van der Waals surface area contributed by atoms with E-state index < -0.39 is 6.23 Å². The Hall–Kier alpha value is -2.21. The minimum atomic E-state index is -0.787. The minimum absolute atomic E-state index is 0.0528. The van der Waals surface area contributed by atoms with Gasteiger partial charge in [-0.2, -0.15) is 0 Å². The maximum Gasteiger partial charge on any atom is 0.233 e. The highest BCUT2D eigenvalue weighted by Gasteiger charge is 2.43. The van der Waals surface area contributed by atoms with Crippen LogP contribution < -0.4 is 0 Å². The number of amides is 3. The van der Waals surface area contributed by atoms with Crippen molar-refractivity contribution in [3.63, 3.8) is 0 Å². The maximum absolute atomic E-state index is 12.3. The number of benzene rings is 1. The molecule has 26 heavy (non-hydrogen) atoms. The van der Waals surface area contributed by atoms with Gasteiger partial charge in [-0.15, -0.1) is 0 Å². The number of carbonyl (C=O) groups excluding carboxylic acids is 3. The van der Waals surface area contributed by atoms with Crippen molar-refractivity contribution in [3.05, 3.63) is 35.4 Å². The number of aliphatic hydroxyl groups is 1. The molecule has 0 aliphatic carbocycles.